The zero-order valence-corrected chi connectivity index (χ0v) is 6.16. The lowest BCUT2D eigenvalue weighted by Crippen LogP contribution is -1.80. The normalized spacial score (nSPS) is 10.4. The van der Waals surface area contributed by atoms with Gasteiger partial charge in [-0.25, -0.2) is 4.39 Å². The molecule has 0 aliphatic rings. The lowest BCUT2D eigenvalue weighted by Gasteiger charge is -1.97. The van der Waals surface area contributed by atoms with Crippen molar-refractivity contribution in [3.63, 3.8) is 0 Å². The molecule has 1 heterocycles. The number of aromatic hydroxyl groups is 1. The number of benzene rings is 1. The topological polar surface area (TPSA) is 33.1 Å². The Hall–Kier alpha value is -1.64. The number of rotatable bonds is 0. The third-order valence-corrected chi connectivity index (χ3v) is 1.67. The number of fused-ring (bicyclic) bond motifs is 1. The van der Waals surface area contributed by atoms with E-state index in [0.717, 1.165) is 0 Å². The molecule has 2 nitrogen and oxygen atoms in total. The van der Waals surface area contributed by atoms with Gasteiger partial charge in [0, 0.05) is 17.6 Å². The first-order chi connectivity index (χ1) is 5.77. The standard InChI is InChI=1S/C9H6FNO/c10-7-4-6-2-1-3-11-8(6)5-9(7)12/h1-5,12H. The van der Waals surface area contributed by atoms with Gasteiger partial charge in [-0.05, 0) is 12.1 Å². The van der Waals surface area contributed by atoms with E-state index in [1.54, 1.807) is 18.3 Å². The number of phenols is 1. The highest BCUT2D eigenvalue weighted by Gasteiger charge is 2.01. The first kappa shape index (κ1) is 7.03. The van der Waals surface area contributed by atoms with Crippen molar-refractivity contribution in [3.05, 3.63) is 36.3 Å². The fourth-order valence-corrected chi connectivity index (χ4v) is 1.08. The number of hydrogen-bond donors (Lipinski definition) is 1. The molecule has 2 rings (SSSR count). The maximum atomic E-state index is 12.8. The molecule has 1 aromatic carbocycles. The van der Waals surface area contributed by atoms with Gasteiger partial charge >= 0.3 is 0 Å². The van der Waals surface area contributed by atoms with Crippen molar-refractivity contribution in [2.45, 2.75) is 0 Å². The lowest BCUT2D eigenvalue weighted by molar-refractivity contribution is 0.433. The molecule has 1 aromatic heterocycles. The zero-order chi connectivity index (χ0) is 8.55. The number of halogens is 1. The number of phenolic OH excluding ortho intramolecular Hbond substituents is 1. The number of aromatic nitrogens is 1. The number of hydrogen-bond acceptors (Lipinski definition) is 2. The molecule has 1 N–H and O–H groups in total. The SMILES string of the molecule is Oc1cc2ncccc2cc1F. The second-order valence-electron chi connectivity index (χ2n) is 2.50. The summed E-state index contributed by atoms with van der Waals surface area (Å²) in [6.45, 7) is 0. The molecule has 12 heavy (non-hydrogen) atoms. The molecule has 0 fully saturated rings. The summed E-state index contributed by atoms with van der Waals surface area (Å²) >= 11 is 0. The predicted molar refractivity (Wildman–Crippen MR) is 43.4 cm³/mol. The molecular formula is C9H6FNO. The first-order valence-electron chi connectivity index (χ1n) is 3.50. The first-order valence-corrected chi connectivity index (χ1v) is 3.50. The summed E-state index contributed by atoms with van der Waals surface area (Å²) in [6.07, 6.45) is 1.60. The average molecular weight is 163 g/mol. The van der Waals surface area contributed by atoms with Crippen LogP contribution in [0.4, 0.5) is 4.39 Å². The van der Waals surface area contributed by atoms with Crippen LogP contribution in [0, 0.1) is 5.82 Å². The van der Waals surface area contributed by atoms with Gasteiger partial charge < -0.3 is 5.11 Å². The molecule has 0 aliphatic carbocycles. The van der Waals surface area contributed by atoms with Crippen LogP contribution < -0.4 is 0 Å². The Morgan fingerprint density at radius 2 is 2.17 bits per heavy atom. The third kappa shape index (κ3) is 0.993. The van der Waals surface area contributed by atoms with E-state index >= 15 is 0 Å². The molecule has 0 atom stereocenters. The Morgan fingerprint density at radius 1 is 1.33 bits per heavy atom. The fourth-order valence-electron chi connectivity index (χ4n) is 1.08. The van der Waals surface area contributed by atoms with Crippen molar-refractivity contribution in [1.82, 2.24) is 4.98 Å². The van der Waals surface area contributed by atoms with Crippen molar-refractivity contribution in [2.75, 3.05) is 0 Å². The second kappa shape index (κ2) is 2.44. The van der Waals surface area contributed by atoms with Crippen LogP contribution in [0.25, 0.3) is 10.9 Å². The van der Waals surface area contributed by atoms with Crippen molar-refractivity contribution < 1.29 is 9.50 Å². The van der Waals surface area contributed by atoms with Gasteiger partial charge in [-0.2, -0.15) is 0 Å². The molecule has 2 aromatic rings. The van der Waals surface area contributed by atoms with Crippen LogP contribution in [0.2, 0.25) is 0 Å². The highest BCUT2D eigenvalue weighted by atomic mass is 19.1. The Morgan fingerprint density at radius 3 is 3.00 bits per heavy atom. The van der Waals surface area contributed by atoms with Crippen LogP contribution >= 0.6 is 0 Å². The fraction of sp³-hybridized carbons (Fsp3) is 0. The zero-order valence-electron chi connectivity index (χ0n) is 6.16. The minimum Gasteiger partial charge on any atom is -0.505 e. The quantitative estimate of drug-likeness (QED) is 0.645. The minimum atomic E-state index is -0.615. The van der Waals surface area contributed by atoms with Gasteiger partial charge in [0.05, 0.1) is 5.52 Å². The van der Waals surface area contributed by atoms with Crippen LogP contribution in [0.1, 0.15) is 0 Å². The molecule has 3 heteroatoms. The number of pyridine rings is 1. The van der Waals surface area contributed by atoms with Crippen molar-refractivity contribution in [3.8, 4) is 5.75 Å². The highest BCUT2D eigenvalue weighted by Crippen LogP contribution is 2.21. The van der Waals surface area contributed by atoms with Crippen LogP contribution in [0.15, 0.2) is 30.5 Å². The summed E-state index contributed by atoms with van der Waals surface area (Å²) in [7, 11) is 0. The van der Waals surface area contributed by atoms with Crippen molar-refractivity contribution in [1.29, 1.82) is 0 Å². The van der Waals surface area contributed by atoms with Crippen LogP contribution in [0.3, 0.4) is 0 Å². The largest absolute Gasteiger partial charge is 0.505 e. The molecule has 0 saturated carbocycles. The summed E-state index contributed by atoms with van der Waals surface area (Å²) in [5.41, 5.74) is 0.594. The molecule has 0 saturated heterocycles. The Balaban J connectivity index is 2.84. The van der Waals surface area contributed by atoms with E-state index in [1.807, 2.05) is 0 Å². The lowest BCUT2D eigenvalue weighted by atomic mass is 10.2. The van der Waals surface area contributed by atoms with E-state index in [9.17, 15) is 4.39 Å². The van der Waals surface area contributed by atoms with E-state index in [-0.39, 0.29) is 5.75 Å². The summed E-state index contributed by atoms with van der Waals surface area (Å²) in [4.78, 5) is 3.96. The van der Waals surface area contributed by atoms with Gasteiger partial charge in [-0.15, -0.1) is 0 Å². The average Bonchev–Trinajstić information content (AvgIpc) is 2.07. The summed E-state index contributed by atoms with van der Waals surface area (Å²) < 4.78 is 12.8. The van der Waals surface area contributed by atoms with Crippen molar-refractivity contribution >= 4 is 10.9 Å². The summed E-state index contributed by atoms with van der Waals surface area (Å²) in [5, 5.41) is 9.69. The monoisotopic (exact) mass is 163 g/mol. The van der Waals surface area contributed by atoms with E-state index in [1.165, 1.54) is 12.1 Å². The number of nitrogens with zero attached hydrogens (tertiary/aromatic N) is 1. The Labute approximate surface area is 68.3 Å². The Bertz CT molecular complexity index is 387. The molecule has 0 aliphatic heterocycles. The molecule has 0 amide bonds. The Kier molecular flexibility index (Phi) is 1.43. The molecule has 60 valence electrons. The summed E-state index contributed by atoms with van der Waals surface area (Å²) in [6, 6.07) is 6.03. The van der Waals surface area contributed by atoms with E-state index < -0.39 is 5.82 Å². The van der Waals surface area contributed by atoms with Gasteiger partial charge in [0.2, 0.25) is 0 Å². The third-order valence-electron chi connectivity index (χ3n) is 1.67. The molecule has 0 bridgehead atoms. The molecule has 0 unspecified atom stereocenters. The van der Waals surface area contributed by atoms with E-state index in [0.29, 0.717) is 10.9 Å². The maximum Gasteiger partial charge on any atom is 0.165 e. The highest BCUT2D eigenvalue weighted by molar-refractivity contribution is 5.79. The van der Waals surface area contributed by atoms with Gasteiger partial charge in [0.15, 0.2) is 11.6 Å². The molecule has 0 spiro atoms. The smallest absolute Gasteiger partial charge is 0.165 e. The van der Waals surface area contributed by atoms with Crippen molar-refractivity contribution in [2.24, 2.45) is 0 Å². The molecule has 0 radical (unpaired) electrons. The maximum absolute atomic E-state index is 12.8. The van der Waals surface area contributed by atoms with Crippen LogP contribution in [-0.4, -0.2) is 10.1 Å². The van der Waals surface area contributed by atoms with Gasteiger partial charge in [-0.1, -0.05) is 6.07 Å². The van der Waals surface area contributed by atoms with Gasteiger partial charge in [0.1, 0.15) is 0 Å². The minimum absolute atomic E-state index is 0.360. The van der Waals surface area contributed by atoms with Crippen LogP contribution in [0.5, 0.6) is 5.75 Å². The molecular weight excluding hydrogens is 157 g/mol. The second-order valence-corrected chi connectivity index (χ2v) is 2.50. The van der Waals surface area contributed by atoms with Gasteiger partial charge in [0.25, 0.3) is 0 Å². The van der Waals surface area contributed by atoms with E-state index in [4.69, 9.17) is 5.11 Å². The predicted octanol–water partition coefficient (Wildman–Crippen LogP) is 2.08. The van der Waals surface area contributed by atoms with Crippen LogP contribution in [-0.2, 0) is 0 Å². The van der Waals surface area contributed by atoms with Gasteiger partial charge in [-0.3, -0.25) is 4.98 Å². The van der Waals surface area contributed by atoms with E-state index in [2.05, 4.69) is 4.98 Å². The summed E-state index contributed by atoms with van der Waals surface area (Å²) in [5.74, 6) is -0.975.